The Hall–Kier alpha value is -1.36. The van der Waals surface area contributed by atoms with Crippen molar-refractivity contribution in [3.05, 3.63) is 12.3 Å². The van der Waals surface area contributed by atoms with Crippen molar-refractivity contribution in [2.24, 2.45) is 5.73 Å². The van der Waals surface area contributed by atoms with Gasteiger partial charge in [0.2, 0.25) is 11.8 Å². The molecule has 1 atom stereocenters. The van der Waals surface area contributed by atoms with Crippen LogP contribution in [0.15, 0.2) is 12.3 Å². The molecule has 2 rings (SSSR count). The minimum absolute atomic E-state index is 0.351. The average Bonchev–Trinajstić information content (AvgIpc) is 2.70. The summed E-state index contributed by atoms with van der Waals surface area (Å²) >= 11 is 0. The van der Waals surface area contributed by atoms with Gasteiger partial charge in [0.1, 0.15) is 0 Å². The molecular formula is C14H24N4O. The highest BCUT2D eigenvalue weighted by Crippen LogP contribution is 2.22. The van der Waals surface area contributed by atoms with E-state index in [2.05, 4.69) is 21.8 Å². The lowest BCUT2D eigenvalue weighted by atomic mass is 10.1. The zero-order valence-electron chi connectivity index (χ0n) is 11.7. The molecule has 1 aromatic rings. The molecule has 0 bridgehead atoms. The monoisotopic (exact) mass is 264 g/mol. The lowest BCUT2D eigenvalue weighted by Gasteiger charge is -2.29. The number of aromatic nitrogens is 2. The molecule has 0 spiro atoms. The van der Waals surface area contributed by atoms with Gasteiger partial charge in [0, 0.05) is 31.4 Å². The molecule has 1 aliphatic rings. The minimum atomic E-state index is 0.351. The number of hydrogen-bond acceptors (Lipinski definition) is 5. The van der Waals surface area contributed by atoms with Crippen LogP contribution in [0.2, 0.25) is 0 Å². The molecule has 1 saturated heterocycles. The number of ether oxygens (including phenoxy) is 1. The van der Waals surface area contributed by atoms with Crippen LogP contribution in [-0.2, 0) is 0 Å². The van der Waals surface area contributed by atoms with Crippen molar-refractivity contribution in [1.82, 2.24) is 9.97 Å². The Balaban J connectivity index is 2.13. The molecule has 5 nitrogen and oxygen atoms in total. The molecule has 1 unspecified atom stereocenters. The van der Waals surface area contributed by atoms with Gasteiger partial charge in [-0.05, 0) is 19.3 Å². The Kier molecular flexibility index (Phi) is 5.39. The van der Waals surface area contributed by atoms with Crippen LogP contribution in [-0.4, -0.2) is 35.7 Å². The fourth-order valence-electron chi connectivity index (χ4n) is 2.44. The molecule has 0 aromatic carbocycles. The molecule has 0 radical (unpaired) electrons. The molecule has 1 aromatic heterocycles. The predicted molar refractivity (Wildman–Crippen MR) is 76.5 cm³/mol. The summed E-state index contributed by atoms with van der Waals surface area (Å²) < 4.78 is 5.58. The first kappa shape index (κ1) is 14.1. The van der Waals surface area contributed by atoms with E-state index in [-0.39, 0.29) is 0 Å². The Bertz CT molecular complexity index is 385. The third-order valence-electron chi connectivity index (χ3n) is 3.48. The van der Waals surface area contributed by atoms with E-state index < -0.39 is 0 Å². The highest BCUT2D eigenvalue weighted by atomic mass is 16.5. The van der Waals surface area contributed by atoms with Gasteiger partial charge in [0.25, 0.3) is 0 Å². The SMILES string of the molecule is CCCOc1ccnc(N2CCCCCC2CN)n1. The molecule has 0 saturated carbocycles. The normalized spacial score (nSPS) is 20.1. The summed E-state index contributed by atoms with van der Waals surface area (Å²) in [6.45, 7) is 4.42. The fourth-order valence-corrected chi connectivity index (χ4v) is 2.44. The maximum atomic E-state index is 5.89. The van der Waals surface area contributed by atoms with Crippen LogP contribution in [0.5, 0.6) is 5.88 Å². The smallest absolute Gasteiger partial charge is 0.228 e. The average molecular weight is 264 g/mol. The zero-order valence-corrected chi connectivity index (χ0v) is 11.7. The summed E-state index contributed by atoms with van der Waals surface area (Å²) in [6, 6.07) is 2.16. The van der Waals surface area contributed by atoms with E-state index in [0.29, 0.717) is 25.1 Å². The Morgan fingerprint density at radius 3 is 3.11 bits per heavy atom. The van der Waals surface area contributed by atoms with Gasteiger partial charge in [0.15, 0.2) is 0 Å². The van der Waals surface area contributed by atoms with Crippen molar-refractivity contribution >= 4 is 5.95 Å². The maximum absolute atomic E-state index is 5.89. The molecule has 1 fully saturated rings. The van der Waals surface area contributed by atoms with Crippen molar-refractivity contribution in [2.75, 3.05) is 24.6 Å². The van der Waals surface area contributed by atoms with Gasteiger partial charge in [0.05, 0.1) is 6.61 Å². The summed E-state index contributed by atoms with van der Waals surface area (Å²) in [5, 5.41) is 0. The number of rotatable bonds is 5. The van der Waals surface area contributed by atoms with Gasteiger partial charge in [-0.15, -0.1) is 0 Å². The van der Waals surface area contributed by atoms with Crippen LogP contribution in [0.4, 0.5) is 5.95 Å². The molecule has 1 aliphatic heterocycles. The highest BCUT2D eigenvalue weighted by molar-refractivity contribution is 5.34. The van der Waals surface area contributed by atoms with E-state index in [4.69, 9.17) is 10.5 Å². The van der Waals surface area contributed by atoms with Crippen LogP contribution in [0, 0.1) is 0 Å². The molecule has 5 heteroatoms. The lowest BCUT2D eigenvalue weighted by molar-refractivity contribution is 0.304. The molecule has 0 amide bonds. The first-order chi connectivity index (χ1) is 9.35. The highest BCUT2D eigenvalue weighted by Gasteiger charge is 2.22. The van der Waals surface area contributed by atoms with Crippen LogP contribution in [0.1, 0.15) is 39.0 Å². The summed E-state index contributed by atoms with van der Waals surface area (Å²) in [5.41, 5.74) is 5.89. The van der Waals surface area contributed by atoms with E-state index in [1.807, 2.05) is 6.07 Å². The summed E-state index contributed by atoms with van der Waals surface area (Å²) in [6.07, 6.45) is 7.56. The third-order valence-corrected chi connectivity index (χ3v) is 3.48. The molecular weight excluding hydrogens is 240 g/mol. The van der Waals surface area contributed by atoms with Gasteiger partial charge in [-0.2, -0.15) is 4.98 Å². The molecule has 106 valence electrons. The second kappa shape index (κ2) is 7.28. The first-order valence-corrected chi connectivity index (χ1v) is 7.27. The summed E-state index contributed by atoms with van der Waals surface area (Å²) in [4.78, 5) is 11.1. The maximum Gasteiger partial charge on any atom is 0.228 e. The van der Waals surface area contributed by atoms with Crippen LogP contribution in [0.3, 0.4) is 0 Å². The fraction of sp³-hybridized carbons (Fsp3) is 0.714. The van der Waals surface area contributed by atoms with E-state index in [0.717, 1.165) is 25.3 Å². The second-order valence-electron chi connectivity index (χ2n) is 4.98. The van der Waals surface area contributed by atoms with E-state index in [9.17, 15) is 0 Å². The quantitative estimate of drug-likeness (QED) is 0.881. The molecule has 2 N–H and O–H groups in total. The molecule has 0 aliphatic carbocycles. The predicted octanol–water partition coefficient (Wildman–Crippen LogP) is 1.97. The van der Waals surface area contributed by atoms with E-state index in [1.165, 1.54) is 19.3 Å². The Labute approximate surface area is 115 Å². The van der Waals surface area contributed by atoms with Crippen LogP contribution >= 0.6 is 0 Å². The Morgan fingerprint density at radius 2 is 2.32 bits per heavy atom. The largest absolute Gasteiger partial charge is 0.478 e. The number of nitrogens with two attached hydrogens (primary N) is 1. The van der Waals surface area contributed by atoms with Crippen molar-refractivity contribution in [3.63, 3.8) is 0 Å². The topological polar surface area (TPSA) is 64.3 Å². The van der Waals surface area contributed by atoms with Crippen LogP contribution < -0.4 is 15.4 Å². The van der Waals surface area contributed by atoms with Crippen molar-refractivity contribution in [3.8, 4) is 5.88 Å². The Morgan fingerprint density at radius 1 is 1.42 bits per heavy atom. The number of anilines is 1. The minimum Gasteiger partial charge on any atom is -0.478 e. The third kappa shape index (κ3) is 3.80. The zero-order chi connectivity index (χ0) is 13.5. The second-order valence-corrected chi connectivity index (χ2v) is 4.98. The van der Waals surface area contributed by atoms with Gasteiger partial charge >= 0.3 is 0 Å². The molecule has 19 heavy (non-hydrogen) atoms. The van der Waals surface area contributed by atoms with Gasteiger partial charge in [-0.3, -0.25) is 0 Å². The summed E-state index contributed by atoms with van der Waals surface area (Å²) in [7, 11) is 0. The lowest BCUT2D eigenvalue weighted by Crippen LogP contribution is -2.41. The first-order valence-electron chi connectivity index (χ1n) is 7.27. The van der Waals surface area contributed by atoms with Crippen molar-refractivity contribution < 1.29 is 4.74 Å². The standard InChI is InChI=1S/C14H24N4O/c1-2-10-19-13-7-8-16-14(17-13)18-9-5-3-4-6-12(18)11-15/h7-8,12H,2-6,9-11,15H2,1H3. The van der Waals surface area contributed by atoms with Crippen molar-refractivity contribution in [2.45, 2.75) is 45.1 Å². The molecule has 2 heterocycles. The van der Waals surface area contributed by atoms with Gasteiger partial charge in [-0.1, -0.05) is 19.8 Å². The number of nitrogens with zero attached hydrogens (tertiary/aromatic N) is 3. The number of hydrogen-bond donors (Lipinski definition) is 1. The van der Waals surface area contributed by atoms with Gasteiger partial charge in [-0.25, -0.2) is 4.98 Å². The van der Waals surface area contributed by atoms with Crippen LogP contribution in [0.25, 0.3) is 0 Å². The van der Waals surface area contributed by atoms with Gasteiger partial charge < -0.3 is 15.4 Å². The van der Waals surface area contributed by atoms with E-state index in [1.54, 1.807) is 6.20 Å². The summed E-state index contributed by atoms with van der Waals surface area (Å²) in [5.74, 6) is 1.41. The van der Waals surface area contributed by atoms with Crippen molar-refractivity contribution in [1.29, 1.82) is 0 Å². The van der Waals surface area contributed by atoms with E-state index >= 15 is 0 Å².